The third-order valence-electron chi connectivity index (χ3n) is 2.21. The SMILES string of the molecule is CC(=O)c1sc(Nc2ccc(F)cc2)nc1C. The number of benzene rings is 1. The van der Waals surface area contributed by atoms with Crippen LogP contribution in [-0.2, 0) is 0 Å². The zero-order valence-electron chi connectivity index (χ0n) is 9.45. The molecule has 0 aliphatic rings. The molecule has 0 bridgehead atoms. The van der Waals surface area contributed by atoms with Gasteiger partial charge in [0.2, 0.25) is 0 Å². The highest BCUT2D eigenvalue weighted by molar-refractivity contribution is 7.17. The highest BCUT2D eigenvalue weighted by Gasteiger charge is 2.11. The largest absolute Gasteiger partial charge is 0.332 e. The van der Waals surface area contributed by atoms with E-state index in [0.29, 0.717) is 15.7 Å². The van der Waals surface area contributed by atoms with Crippen LogP contribution in [0.1, 0.15) is 22.3 Å². The smallest absolute Gasteiger partial charge is 0.188 e. The minimum absolute atomic E-state index is 0.00663. The summed E-state index contributed by atoms with van der Waals surface area (Å²) in [6.45, 7) is 3.31. The van der Waals surface area contributed by atoms with Gasteiger partial charge in [-0.25, -0.2) is 9.37 Å². The summed E-state index contributed by atoms with van der Waals surface area (Å²) in [5, 5.41) is 3.67. The van der Waals surface area contributed by atoms with Crippen molar-refractivity contribution in [2.75, 3.05) is 5.32 Å². The van der Waals surface area contributed by atoms with Crippen LogP contribution in [-0.4, -0.2) is 10.8 Å². The van der Waals surface area contributed by atoms with Gasteiger partial charge in [-0.15, -0.1) is 0 Å². The number of nitrogens with one attached hydrogen (secondary N) is 1. The number of thiazole rings is 1. The quantitative estimate of drug-likeness (QED) is 0.847. The maximum absolute atomic E-state index is 12.7. The molecule has 1 N–H and O–H groups in total. The number of anilines is 2. The van der Waals surface area contributed by atoms with Gasteiger partial charge in [-0.05, 0) is 31.2 Å². The van der Waals surface area contributed by atoms with Crippen LogP contribution in [0.2, 0.25) is 0 Å². The Bertz CT molecular complexity index is 548. The summed E-state index contributed by atoms with van der Waals surface area (Å²) in [5.74, 6) is -0.276. The van der Waals surface area contributed by atoms with Crippen LogP contribution < -0.4 is 5.32 Å². The molecule has 5 heteroatoms. The van der Waals surface area contributed by atoms with Gasteiger partial charge in [0.05, 0.1) is 10.6 Å². The monoisotopic (exact) mass is 250 g/mol. The van der Waals surface area contributed by atoms with Crippen molar-refractivity contribution in [3.05, 3.63) is 40.7 Å². The lowest BCUT2D eigenvalue weighted by molar-refractivity contribution is 0.102. The first kappa shape index (κ1) is 11.7. The highest BCUT2D eigenvalue weighted by atomic mass is 32.1. The minimum atomic E-state index is -0.282. The van der Waals surface area contributed by atoms with Crippen molar-refractivity contribution in [3.8, 4) is 0 Å². The fourth-order valence-corrected chi connectivity index (χ4v) is 2.32. The number of aromatic nitrogens is 1. The highest BCUT2D eigenvalue weighted by Crippen LogP contribution is 2.26. The van der Waals surface area contributed by atoms with Crippen LogP contribution in [0, 0.1) is 12.7 Å². The first-order valence-electron chi connectivity index (χ1n) is 5.07. The van der Waals surface area contributed by atoms with Crippen LogP contribution in [0.4, 0.5) is 15.2 Å². The zero-order chi connectivity index (χ0) is 12.4. The van der Waals surface area contributed by atoms with Crippen LogP contribution >= 0.6 is 11.3 Å². The normalized spacial score (nSPS) is 10.3. The molecule has 1 heterocycles. The lowest BCUT2D eigenvalue weighted by Gasteiger charge is -2.00. The second-order valence-electron chi connectivity index (χ2n) is 3.62. The second kappa shape index (κ2) is 4.63. The lowest BCUT2D eigenvalue weighted by Crippen LogP contribution is -1.90. The number of ketones is 1. The standard InChI is InChI=1S/C12H11FN2OS/c1-7-11(8(2)16)17-12(14-7)15-10-5-3-9(13)4-6-10/h3-6H,1-2H3,(H,14,15). The molecule has 1 aromatic carbocycles. The molecule has 17 heavy (non-hydrogen) atoms. The van der Waals surface area contributed by atoms with Crippen molar-refractivity contribution < 1.29 is 9.18 Å². The molecule has 0 radical (unpaired) electrons. The molecule has 2 rings (SSSR count). The second-order valence-corrected chi connectivity index (χ2v) is 4.62. The molecule has 1 aromatic heterocycles. The summed E-state index contributed by atoms with van der Waals surface area (Å²) < 4.78 is 12.7. The Balaban J connectivity index is 2.22. The number of carbonyl (C=O) groups excluding carboxylic acids is 1. The van der Waals surface area contributed by atoms with E-state index in [9.17, 15) is 9.18 Å². The Kier molecular flexibility index (Phi) is 3.19. The van der Waals surface area contributed by atoms with E-state index in [1.807, 2.05) is 0 Å². The van der Waals surface area contributed by atoms with Crippen molar-refractivity contribution in [2.24, 2.45) is 0 Å². The number of carbonyl (C=O) groups is 1. The Morgan fingerprint density at radius 1 is 1.35 bits per heavy atom. The molecular formula is C12H11FN2OS. The van der Waals surface area contributed by atoms with Crippen molar-refractivity contribution >= 4 is 27.9 Å². The molecule has 0 atom stereocenters. The van der Waals surface area contributed by atoms with E-state index < -0.39 is 0 Å². The molecule has 0 saturated carbocycles. The van der Waals surface area contributed by atoms with Gasteiger partial charge in [-0.1, -0.05) is 11.3 Å². The van der Waals surface area contributed by atoms with Gasteiger partial charge in [-0.3, -0.25) is 4.79 Å². The Morgan fingerprint density at radius 3 is 2.53 bits per heavy atom. The maximum atomic E-state index is 12.7. The summed E-state index contributed by atoms with van der Waals surface area (Å²) in [4.78, 5) is 16.2. The fraction of sp³-hybridized carbons (Fsp3) is 0.167. The van der Waals surface area contributed by atoms with Crippen LogP contribution in [0.3, 0.4) is 0 Å². The van der Waals surface area contributed by atoms with Crippen LogP contribution in [0.15, 0.2) is 24.3 Å². The molecule has 0 fully saturated rings. The minimum Gasteiger partial charge on any atom is -0.332 e. The number of nitrogens with zero attached hydrogens (tertiary/aromatic N) is 1. The summed E-state index contributed by atoms with van der Waals surface area (Å²) in [6, 6.07) is 5.99. The molecule has 88 valence electrons. The molecule has 0 aliphatic carbocycles. The predicted molar refractivity (Wildman–Crippen MR) is 66.5 cm³/mol. The van der Waals surface area contributed by atoms with Gasteiger partial charge < -0.3 is 5.32 Å². The maximum Gasteiger partial charge on any atom is 0.188 e. The molecule has 0 aliphatic heterocycles. The third kappa shape index (κ3) is 2.68. The first-order valence-corrected chi connectivity index (χ1v) is 5.89. The summed E-state index contributed by atoms with van der Waals surface area (Å²) in [7, 11) is 0. The first-order chi connectivity index (χ1) is 8.06. The van der Waals surface area contributed by atoms with E-state index in [0.717, 1.165) is 5.69 Å². The number of hydrogen-bond donors (Lipinski definition) is 1. The van der Waals surface area contributed by atoms with E-state index in [-0.39, 0.29) is 11.6 Å². The van der Waals surface area contributed by atoms with Gasteiger partial charge in [-0.2, -0.15) is 0 Å². The zero-order valence-corrected chi connectivity index (χ0v) is 10.3. The average molecular weight is 250 g/mol. The molecule has 0 saturated heterocycles. The number of halogens is 1. The molecule has 2 aromatic rings. The van der Waals surface area contributed by atoms with Crippen molar-refractivity contribution in [3.63, 3.8) is 0 Å². The third-order valence-corrected chi connectivity index (χ3v) is 3.39. The lowest BCUT2D eigenvalue weighted by atomic mass is 10.3. The Morgan fingerprint density at radius 2 is 2.00 bits per heavy atom. The Labute approximate surface area is 102 Å². The predicted octanol–water partition coefficient (Wildman–Crippen LogP) is 3.54. The average Bonchev–Trinajstić information content (AvgIpc) is 2.63. The molecule has 3 nitrogen and oxygen atoms in total. The topological polar surface area (TPSA) is 42.0 Å². The summed E-state index contributed by atoms with van der Waals surface area (Å²) >= 11 is 1.30. The van der Waals surface area contributed by atoms with E-state index >= 15 is 0 Å². The number of aryl methyl sites for hydroxylation is 1. The molecule has 0 amide bonds. The van der Waals surface area contributed by atoms with Gasteiger partial charge >= 0.3 is 0 Å². The number of hydrogen-bond acceptors (Lipinski definition) is 4. The van der Waals surface area contributed by atoms with E-state index in [4.69, 9.17) is 0 Å². The number of Topliss-reactive ketones (excluding diaryl/α,β-unsaturated/α-hetero) is 1. The van der Waals surface area contributed by atoms with Crippen molar-refractivity contribution in [1.82, 2.24) is 4.98 Å². The van der Waals surface area contributed by atoms with Crippen LogP contribution in [0.5, 0.6) is 0 Å². The van der Waals surface area contributed by atoms with Gasteiger partial charge in [0.1, 0.15) is 5.82 Å². The fourth-order valence-electron chi connectivity index (χ4n) is 1.43. The van der Waals surface area contributed by atoms with Crippen molar-refractivity contribution in [2.45, 2.75) is 13.8 Å². The van der Waals surface area contributed by atoms with E-state index in [1.54, 1.807) is 19.1 Å². The number of rotatable bonds is 3. The van der Waals surface area contributed by atoms with E-state index in [2.05, 4.69) is 10.3 Å². The van der Waals surface area contributed by atoms with Crippen molar-refractivity contribution in [1.29, 1.82) is 0 Å². The molecule has 0 spiro atoms. The summed E-state index contributed by atoms with van der Waals surface area (Å²) in [6.07, 6.45) is 0. The van der Waals surface area contributed by atoms with E-state index in [1.165, 1.54) is 30.4 Å². The van der Waals surface area contributed by atoms with Gasteiger partial charge in [0.25, 0.3) is 0 Å². The molecular weight excluding hydrogens is 239 g/mol. The summed E-state index contributed by atoms with van der Waals surface area (Å²) in [5.41, 5.74) is 1.46. The van der Waals surface area contributed by atoms with Gasteiger partial charge in [0, 0.05) is 12.6 Å². The molecule has 0 unspecified atom stereocenters. The Hall–Kier alpha value is -1.75. The van der Waals surface area contributed by atoms with Crippen LogP contribution in [0.25, 0.3) is 0 Å². The van der Waals surface area contributed by atoms with Gasteiger partial charge in [0.15, 0.2) is 10.9 Å².